The van der Waals surface area contributed by atoms with E-state index < -0.39 is 0 Å². The number of ether oxygens (including phenoxy) is 2. The van der Waals surface area contributed by atoms with Gasteiger partial charge in [0.25, 0.3) is 11.8 Å². The van der Waals surface area contributed by atoms with E-state index in [0.29, 0.717) is 48.8 Å². The summed E-state index contributed by atoms with van der Waals surface area (Å²) < 4.78 is 14.3. The molecular weight excluding hydrogens is 450 g/mol. The average molecular weight is 482 g/mol. The molecule has 1 fully saturated rings. The first-order valence-electron chi connectivity index (χ1n) is 12.1. The van der Waals surface area contributed by atoms with Gasteiger partial charge in [-0.15, -0.1) is 5.10 Å². The monoisotopic (exact) mass is 481 g/mol. The van der Waals surface area contributed by atoms with E-state index in [2.05, 4.69) is 10.4 Å². The highest BCUT2D eigenvalue weighted by Crippen LogP contribution is 2.28. The van der Waals surface area contributed by atoms with E-state index in [1.165, 1.54) is 9.08 Å². The number of likely N-dealkylation sites (tertiary alicyclic amines) is 1. The van der Waals surface area contributed by atoms with Crippen molar-refractivity contribution in [1.82, 2.24) is 24.4 Å². The van der Waals surface area contributed by atoms with Gasteiger partial charge in [-0.3, -0.25) is 14.0 Å². The van der Waals surface area contributed by atoms with E-state index in [1.807, 2.05) is 17.9 Å². The molecule has 2 amide bonds. The standard InChI is InChI=1S/C25H31N5O5/c1-2-34-21-17-19(10-11-20(21)35-18-23(31)28-13-5-3-6-14-28)24(32)26-12-8-16-30-25(33)29-15-7-4-9-22(29)27-30/h4,7,9-11,15,17H,2-3,5-6,8,12-14,16,18H2,1H3,(H,26,32). The number of piperidine rings is 1. The normalized spacial score (nSPS) is 13.6. The van der Waals surface area contributed by atoms with Gasteiger partial charge in [0.1, 0.15) is 0 Å². The summed E-state index contributed by atoms with van der Waals surface area (Å²) in [6.07, 6.45) is 5.43. The Labute approximate surface area is 203 Å². The Balaban J connectivity index is 1.30. The zero-order chi connectivity index (χ0) is 24.6. The fourth-order valence-electron chi connectivity index (χ4n) is 4.06. The number of nitrogens with one attached hydrogen (secondary N) is 1. The van der Waals surface area contributed by atoms with Crippen molar-refractivity contribution in [3.8, 4) is 11.5 Å². The van der Waals surface area contributed by atoms with Gasteiger partial charge in [0.05, 0.1) is 6.61 Å². The van der Waals surface area contributed by atoms with Gasteiger partial charge in [-0.05, 0) is 62.9 Å². The van der Waals surface area contributed by atoms with Crippen molar-refractivity contribution < 1.29 is 19.1 Å². The number of rotatable bonds is 10. The first kappa shape index (κ1) is 24.3. The number of pyridine rings is 1. The van der Waals surface area contributed by atoms with Crippen LogP contribution < -0.4 is 20.5 Å². The van der Waals surface area contributed by atoms with Gasteiger partial charge in [0.15, 0.2) is 23.8 Å². The average Bonchev–Trinajstić information content (AvgIpc) is 3.21. The molecule has 0 atom stereocenters. The summed E-state index contributed by atoms with van der Waals surface area (Å²) in [4.78, 5) is 39.2. The molecule has 0 radical (unpaired) electrons. The quantitative estimate of drug-likeness (QED) is 0.445. The minimum Gasteiger partial charge on any atom is -0.490 e. The first-order valence-corrected chi connectivity index (χ1v) is 12.1. The Morgan fingerprint density at radius 1 is 1.06 bits per heavy atom. The molecule has 1 N–H and O–H groups in total. The maximum Gasteiger partial charge on any atom is 0.350 e. The summed E-state index contributed by atoms with van der Waals surface area (Å²) in [7, 11) is 0. The molecule has 4 rings (SSSR count). The van der Waals surface area contributed by atoms with Gasteiger partial charge >= 0.3 is 5.69 Å². The number of nitrogens with zero attached hydrogens (tertiary/aromatic N) is 4. The Bertz CT molecular complexity index is 1230. The molecule has 1 aromatic carbocycles. The molecule has 0 spiro atoms. The summed E-state index contributed by atoms with van der Waals surface area (Å²) in [6, 6.07) is 10.3. The third kappa shape index (κ3) is 6.00. The molecule has 0 unspecified atom stereocenters. The number of carbonyl (C=O) groups excluding carboxylic acids is 2. The van der Waals surface area contributed by atoms with Crippen molar-refractivity contribution >= 4 is 17.5 Å². The minimum absolute atomic E-state index is 0.0429. The van der Waals surface area contributed by atoms with Crippen LogP contribution in [0, 0.1) is 0 Å². The molecule has 0 bridgehead atoms. The maximum atomic E-state index is 12.6. The molecule has 10 nitrogen and oxygen atoms in total. The highest BCUT2D eigenvalue weighted by Gasteiger charge is 2.18. The molecule has 3 aromatic rings. The van der Waals surface area contributed by atoms with E-state index in [9.17, 15) is 14.4 Å². The summed E-state index contributed by atoms with van der Waals surface area (Å²) >= 11 is 0. The fourth-order valence-corrected chi connectivity index (χ4v) is 4.06. The Hall–Kier alpha value is -3.82. The van der Waals surface area contributed by atoms with E-state index >= 15 is 0 Å². The minimum atomic E-state index is -0.260. The van der Waals surface area contributed by atoms with Crippen molar-refractivity contribution in [2.45, 2.75) is 39.2 Å². The number of carbonyl (C=O) groups is 2. The second-order valence-electron chi connectivity index (χ2n) is 8.37. The van der Waals surface area contributed by atoms with E-state index in [4.69, 9.17) is 9.47 Å². The molecule has 0 saturated carbocycles. The topological polar surface area (TPSA) is 107 Å². The highest BCUT2D eigenvalue weighted by atomic mass is 16.5. The summed E-state index contributed by atoms with van der Waals surface area (Å²) in [5.74, 6) is 0.547. The molecule has 3 heterocycles. The molecular formula is C25H31N5O5. The van der Waals surface area contributed by atoms with Gasteiger partial charge < -0.3 is 19.7 Å². The lowest BCUT2D eigenvalue weighted by Gasteiger charge is -2.26. The summed E-state index contributed by atoms with van der Waals surface area (Å²) in [6.45, 7) is 4.49. The van der Waals surface area contributed by atoms with Crippen LogP contribution in [0.3, 0.4) is 0 Å². The van der Waals surface area contributed by atoms with Crippen LogP contribution >= 0.6 is 0 Å². The van der Waals surface area contributed by atoms with Crippen LogP contribution in [-0.4, -0.2) is 63.7 Å². The predicted molar refractivity (Wildman–Crippen MR) is 130 cm³/mol. The summed E-state index contributed by atoms with van der Waals surface area (Å²) in [5, 5.41) is 7.14. The molecule has 0 aliphatic carbocycles. The van der Waals surface area contributed by atoms with Crippen molar-refractivity contribution in [2.75, 3.05) is 32.8 Å². The summed E-state index contributed by atoms with van der Waals surface area (Å²) in [5.41, 5.74) is 0.806. The van der Waals surface area contributed by atoms with Crippen molar-refractivity contribution in [3.05, 3.63) is 58.6 Å². The number of benzene rings is 1. The smallest absolute Gasteiger partial charge is 0.350 e. The number of aryl methyl sites for hydroxylation is 1. The number of hydrogen-bond donors (Lipinski definition) is 1. The number of amides is 2. The largest absolute Gasteiger partial charge is 0.490 e. The van der Waals surface area contributed by atoms with E-state index in [0.717, 1.165) is 32.4 Å². The van der Waals surface area contributed by atoms with Gasteiger partial charge in [-0.25, -0.2) is 9.48 Å². The van der Waals surface area contributed by atoms with Crippen LogP contribution in [-0.2, 0) is 11.3 Å². The van der Waals surface area contributed by atoms with Crippen molar-refractivity contribution in [2.24, 2.45) is 0 Å². The van der Waals surface area contributed by atoms with Crippen LogP contribution in [0.15, 0.2) is 47.4 Å². The third-order valence-electron chi connectivity index (χ3n) is 5.89. The SMILES string of the molecule is CCOc1cc(C(=O)NCCCn2nc3ccccn3c2=O)ccc1OCC(=O)N1CCCCC1. The van der Waals surface area contributed by atoms with Gasteiger partial charge in [-0.2, -0.15) is 0 Å². The molecule has 186 valence electrons. The zero-order valence-electron chi connectivity index (χ0n) is 19.9. The zero-order valence-corrected chi connectivity index (χ0v) is 19.9. The number of hydrogen-bond acceptors (Lipinski definition) is 6. The molecule has 1 aliphatic heterocycles. The van der Waals surface area contributed by atoms with Crippen LogP contribution in [0.4, 0.5) is 0 Å². The third-order valence-corrected chi connectivity index (χ3v) is 5.89. The van der Waals surface area contributed by atoms with Crippen LogP contribution in [0.2, 0.25) is 0 Å². The Morgan fingerprint density at radius 3 is 2.66 bits per heavy atom. The van der Waals surface area contributed by atoms with Crippen molar-refractivity contribution in [3.63, 3.8) is 0 Å². The van der Waals surface area contributed by atoms with Crippen LogP contribution in [0.1, 0.15) is 43.0 Å². The van der Waals surface area contributed by atoms with Gasteiger partial charge in [0.2, 0.25) is 0 Å². The lowest BCUT2D eigenvalue weighted by molar-refractivity contribution is -0.134. The maximum absolute atomic E-state index is 12.6. The predicted octanol–water partition coefficient (Wildman–Crippen LogP) is 2.11. The molecule has 1 aliphatic rings. The van der Waals surface area contributed by atoms with E-state index in [1.54, 1.807) is 36.5 Å². The second-order valence-corrected chi connectivity index (χ2v) is 8.37. The second kappa shape index (κ2) is 11.5. The molecule has 35 heavy (non-hydrogen) atoms. The number of aromatic nitrogens is 3. The van der Waals surface area contributed by atoms with Crippen LogP contribution in [0.5, 0.6) is 11.5 Å². The van der Waals surface area contributed by atoms with Crippen molar-refractivity contribution in [1.29, 1.82) is 0 Å². The molecule has 2 aromatic heterocycles. The van der Waals surface area contributed by atoms with Crippen LogP contribution in [0.25, 0.3) is 5.65 Å². The Morgan fingerprint density at radius 2 is 1.89 bits per heavy atom. The lowest BCUT2D eigenvalue weighted by atomic mass is 10.1. The Kier molecular flexibility index (Phi) is 8.02. The lowest BCUT2D eigenvalue weighted by Crippen LogP contribution is -2.38. The van der Waals surface area contributed by atoms with E-state index in [-0.39, 0.29) is 24.1 Å². The highest BCUT2D eigenvalue weighted by molar-refractivity contribution is 5.94. The molecule has 1 saturated heterocycles. The van der Waals surface area contributed by atoms with Gasteiger partial charge in [0, 0.05) is 37.9 Å². The van der Waals surface area contributed by atoms with Gasteiger partial charge in [-0.1, -0.05) is 6.07 Å². The first-order chi connectivity index (χ1) is 17.1. The molecule has 10 heteroatoms. The number of fused-ring (bicyclic) bond motifs is 1. The fraction of sp³-hybridized carbons (Fsp3) is 0.440.